The second-order valence-corrected chi connectivity index (χ2v) is 10.0. The summed E-state index contributed by atoms with van der Waals surface area (Å²) in [6.45, 7) is 0. The number of hydrogen-bond acceptors (Lipinski definition) is 3. The number of phenolic OH excluding ortho intramolecular Hbond substituents is 1. The van der Waals surface area contributed by atoms with Crippen molar-refractivity contribution in [2.24, 2.45) is 23.2 Å². The van der Waals surface area contributed by atoms with Gasteiger partial charge in [0.05, 0.1) is 5.56 Å². The summed E-state index contributed by atoms with van der Waals surface area (Å²) in [7, 11) is 0. The Morgan fingerprint density at radius 2 is 1.87 bits per heavy atom. The molecule has 164 valence electrons. The van der Waals surface area contributed by atoms with Crippen LogP contribution in [0.1, 0.15) is 54.7 Å². The molecule has 3 nitrogen and oxygen atoms in total. The molecular weight excluding hydrogens is 403 g/mol. The van der Waals surface area contributed by atoms with Gasteiger partial charge in [0, 0.05) is 11.6 Å². The van der Waals surface area contributed by atoms with Crippen LogP contribution in [0, 0.1) is 23.2 Å². The number of anilines is 1. The molecule has 0 heterocycles. The molecule has 3 fully saturated rings. The molecule has 0 saturated heterocycles. The first-order valence-corrected chi connectivity index (χ1v) is 11.2. The number of nitrogens with two attached hydrogens (primary N) is 1. The van der Waals surface area contributed by atoms with Crippen molar-refractivity contribution in [3.63, 3.8) is 0 Å². The lowest BCUT2D eigenvalue weighted by Crippen LogP contribution is -2.46. The van der Waals surface area contributed by atoms with Crippen molar-refractivity contribution in [2.75, 3.05) is 5.73 Å². The van der Waals surface area contributed by atoms with Crippen molar-refractivity contribution in [3.8, 4) is 11.5 Å². The van der Waals surface area contributed by atoms with Gasteiger partial charge in [-0.25, -0.2) is 0 Å². The predicted molar refractivity (Wildman–Crippen MR) is 111 cm³/mol. The first-order chi connectivity index (χ1) is 14.8. The molecule has 0 aromatic heterocycles. The second-order valence-electron chi connectivity index (χ2n) is 10.0. The van der Waals surface area contributed by atoms with Crippen molar-refractivity contribution in [1.29, 1.82) is 0 Å². The molecule has 0 bridgehead atoms. The number of alkyl halides is 3. The van der Waals surface area contributed by atoms with Gasteiger partial charge in [0.15, 0.2) is 0 Å². The highest BCUT2D eigenvalue weighted by Gasteiger charge is 2.68. The lowest BCUT2D eigenvalue weighted by molar-refractivity contribution is -0.137. The minimum Gasteiger partial charge on any atom is -0.508 e. The molecular formula is C25H26F3NO2. The van der Waals surface area contributed by atoms with Crippen LogP contribution in [0.4, 0.5) is 18.9 Å². The molecule has 1 unspecified atom stereocenters. The first kappa shape index (κ1) is 19.3. The van der Waals surface area contributed by atoms with E-state index in [0.29, 0.717) is 17.3 Å². The molecule has 0 aliphatic heterocycles. The topological polar surface area (TPSA) is 55.5 Å². The average molecular weight is 429 g/mol. The highest BCUT2D eigenvalue weighted by molar-refractivity contribution is 5.52. The van der Waals surface area contributed by atoms with Crippen LogP contribution in [0.15, 0.2) is 36.4 Å². The van der Waals surface area contributed by atoms with E-state index < -0.39 is 11.7 Å². The fraction of sp³-hybridized carbons (Fsp3) is 0.520. The molecule has 0 amide bonds. The van der Waals surface area contributed by atoms with Crippen molar-refractivity contribution in [3.05, 3.63) is 53.1 Å². The summed E-state index contributed by atoms with van der Waals surface area (Å²) in [5.74, 6) is 2.56. The summed E-state index contributed by atoms with van der Waals surface area (Å²) in [5, 5.41) is 9.97. The van der Waals surface area contributed by atoms with Gasteiger partial charge in [-0.1, -0.05) is 6.07 Å². The quantitative estimate of drug-likeness (QED) is 0.584. The van der Waals surface area contributed by atoms with Gasteiger partial charge in [0.2, 0.25) is 0 Å². The van der Waals surface area contributed by atoms with Gasteiger partial charge in [0.25, 0.3) is 0 Å². The number of benzene rings is 2. The first-order valence-electron chi connectivity index (χ1n) is 11.2. The van der Waals surface area contributed by atoms with E-state index in [1.165, 1.54) is 30.9 Å². The molecule has 6 rings (SSSR count). The smallest absolute Gasteiger partial charge is 0.418 e. The van der Waals surface area contributed by atoms with Crippen molar-refractivity contribution in [1.82, 2.24) is 0 Å². The molecule has 2 aromatic rings. The van der Waals surface area contributed by atoms with Crippen LogP contribution in [0.5, 0.6) is 11.5 Å². The van der Waals surface area contributed by atoms with Crippen LogP contribution < -0.4 is 10.5 Å². The SMILES string of the molecule is Nc1ccc(O[C@H]2C[C@]34C[C@H]3CCC4[C@@H]3CCc4cc(O)ccc4[C@@H]23)cc1C(F)(F)F. The van der Waals surface area contributed by atoms with Gasteiger partial charge in [-0.15, -0.1) is 0 Å². The molecule has 3 saturated carbocycles. The van der Waals surface area contributed by atoms with Gasteiger partial charge < -0.3 is 15.6 Å². The van der Waals surface area contributed by atoms with E-state index in [-0.39, 0.29) is 29.2 Å². The Morgan fingerprint density at radius 3 is 2.65 bits per heavy atom. The highest BCUT2D eigenvalue weighted by Crippen LogP contribution is 2.75. The molecule has 4 aliphatic carbocycles. The number of halogens is 3. The zero-order valence-corrected chi connectivity index (χ0v) is 17.2. The maximum Gasteiger partial charge on any atom is 0.418 e. The predicted octanol–water partition coefficient (Wildman–Crippen LogP) is 5.91. The van der Waals surface area contributed by atoms with Crippen LogP contribution >= 0.6 is 0 Å². The number of aryl methyl sites for hydroxylation is 1. The zero-order chi connectivity index (χ0) is 21.5. The second kappa shape index (κ2) is 6.33. The summed E-state index contributed by atoms with van der Waals surface area (Å²) in [6.07, 6.45) is 1.97. The maximum atomic E-state index is 13.4. The van der Waals surface area contributed by atoms with Crippen molar-refractivity contribution >= 4 is 5.69 Å². The molecule has 2 aromatic carbocycles. The summed E-state index contributed by atoms with van der Waals surface area (Å²) < 4.78 is 46.6. The summed E-state index contributed by atoms with van der Waals surface area (Å²) in [6, 6.07) is 9.46. The standard InChI is InChI=1S/C25H26F3NO2/c26-25(27,28)20-10-16(4-8-21(20)29)31-22-12-24-11-14(24)2-7-19(24)18-5-1-13-9-15(30)3-6-17(13)23(18)22/h3-4,6,8-10,14,18-19,22-23,30H,1-2,5,7,11-12,29H2/t14-,18+,19?,22+,23-,24-/m1/s1. The largest absolute Gasteiger partial charge is 0.508 e. The van der Waals surface area contributed by atoms with Gasteiger partial charge in [0.1, 0.15) is 17.6 Å². The Hall–Kier alpha value is -2.37. The molecule has 31 heavy (non-hydrogen) atoms. The minimum absolute atomic E-state index is 0.145. The Balaban J connectivity index is 1.40. The molecule has 6 atom stereocenters. The maximum absolute atomic E-state index is 13.4. The van der Waals surface area contributed by atoms with Gasteiger partial charge in [-0.3, -0.25) is 0 Å². The van der Waals surface area contributed by atoms with Gasteiger partial charge in [-0.2, -0.15) is 13.2 Å². The third kappa shape index (κ3) is 2.86. The minimum atomic E-state index is -4.51. The molecule has 0 radical (unpaired) electrons. The van der Waals surface area contributed by atoms with Crippen LogP contribution in [0.2, 0.25) is 0 Å². The van der Waals surface area contributed by atoms with E-state index in [9.17, 15) is 18.3 Å². The lowest BCUT2D eigenvalue weighted by Gasteiger charge is -2.49. The zero-order valence-electron chi connectivity index (χ0n) is 17.2. The normalized spacial score (nSPS) is 35.5. The Morgan fingerprint density at radius 1 is 1.03 bits per heavy atom. The van der Waals surface area contributed by atoms with E-state index in [0.717, 1.165) is 36.8 Å². The fourth-order valence-electron chi connectivity index (χ4n) is 7.39. The molecule has 6 heteroatoms. The van der Waals surface area contributed by atoms with E-state index >= 15 is 0 Å². The van der Waals surface area contributed by atoms with Crippen LogP contribution in [0.25, 0.3) is 0 Å². The summed E-state index contributed by atoms with van der Waals surface area (Å²) in [4.78, 5) is 0. The van der Waals surface area contributed by atoms with Crippen molar-refractivity contribution in [2.45, 2.75) is 56.7 Å². The number of rotatable bonds is 2. The summed E-state index contributed by atoms with van der Waals surface area (Å²) in [5.41, 5.74) is 7.13. The van der Waals surface area contributed by atoms with Gasteiger partial charge in [-0.05, 0) is 103 Å². The monoisotopic (exact) mass is 429 g/mol. The van der Waals surface area contributed by atoms with Crippen molar-refractivity contribution < 1.29 is 23.0 Å². The van der Waals surface area contributed by atoms with E-state index in [4.69, 9.17) is 10.5 Å². The van der Waals surface area contributed by atoms with E-state index in [1.54, 1.807) is 12.1 Å². The lowest BCUT2D eigenvalue weighted by atomic mass is 9.57. The Kier molecular flexibility index (Phi) is 3.95. The Bertz CT molecular complexity index is 1050. The van der Waals surface area contributed by atoms with Gasteiger partial charge >= 0.3 is 6.18 Å². The van der Waals surface area contributed by atoms with E-state index in [2.05, 4.69) is 0 Å². The van der Waals surface area contributed by atoms with Crippen LogP contribution in [-0.4, -0.2) is 11.2 Å². The average Bonchev–Trinajstić information content (AvgIpc) is 3.28. The number of ether oxygens (including phenoxy) is 1. The molecule has 1 spiro atoms. The van der Waals surface area contributed by atoms with E-state index in [1.807, 2.05) is 12.1 Å². The van der Waals surface area contributed by atoms with Crippen LogP contribution in [0.3, 0.4) is 0 Å². The third-order valence-electron chi connectivity index (χ3n) is 8.65. The molecule has 3 N–H and O–H groups in total. The number of fused-ring (bicyclic) bond motifs is 4. The number of phenols is 1. The highest BCUT2D eigenvalue weighted by atomic mass is 19.4. The van der Waals surface area contributed by atoms with Crippen LogP contribution in [-0.2, 0) is 12.6 Å². The number of nitrogen functional groups attached to an aromatic ring is 1. The number of aromatic hydroxyl groups is 1. The fourth-order valence-corrected chi connectivity index (χ4v) is 7.39. The third-order valence-corrected chi connectivity index (χ3v) is 8.65. The molecule has 4 aliphatic rings. The Labute approximate surface area is 179 Å². The summed E-state index contributed by atoms with van der Waals surface area (Å²) >= 11 is 0. The number of hydrogen-bond donors (Lipinski definition) is 2.